The zero-order valence-electron chi connectivity index (χ0n) is 12.0. The van der Waals surface area contributed by atoms with Crippen molar-refractivity contribution in [1.82, 2.24) is 4.98 Å². The van der Waals surface area contributed by atoms with Crippen LogP contribution in [-0.2, 0) is 15.7 Å². The third kappa shape index (κ3) is 2.78. The highest BCUT2D eigenvalue weighted by molar-refractivity contribution is 6.61. The largest absolute Gasteiger partial charge is 0.500 e. The van der Waals surface area contributed by atoms with Crippen LogP contribution in [0.15, 0.2) is 17.1 Å². The van der Waals surface area contributed by atoms with E-state index in [9.17, 15) is 13.6 Å². The van der Waals surface area contributed by atoms with Crippen LogP contribution in [0.3, 0.4) is 0 Å². The predicted molar refractivity (Wildman–Crippen MR) is 72.5 cm³/mol. The van der Waals surface area contributed by atoms with Gasteiger partial charge in [0.05, 0.1) is 11.2 Å². The number of H-pyrrole nitrogens is 1. The molecule has 0 unspecified atom stereocenters. The normalized spacial score (nSPS) is 20.6. The van der Waals surface area contributed by atoms with Crippen molar-refractivity contribution in [1.29, 1.82) is 0 Å². The highest BCUT2D eigenvalue weighted by Gasteiger charge is 2.52. The van der Waals surface area contributed by atoms with Gasteiger partial charge >= 0.3 is 7.12 Å². The molecule has 0 aliphatic carbocycles. The van der Waals surface area contributed by atoms with Crippen molar-refractivity contribution >= 4 is 12.6 Å². The van der Waals surface area contributed by atoms with Gasteiger partial charge in [-0.25, -0.2) is 8.78 Å². The number of nitrogens with one attached hydrogen (secondary N) is 1. The molecule has 1 aliphatic heterocycles. The van der Waals surface area contributed by atoms with Crippen molar-refractivity contribution in [3.05, 3.63) is 28.2 Å². The van der Waals surface area contributed by atoms with E-state index in [1.54, 1.807) is 0 Å². The van der Waals surface area contributed by atoms with Gasteiger partial charge in [0.1, 0.15) is 0 Å². The average molecular weight is 285 g/mol. The second kappa shape index (κ2) is 4.97. The SMILES string of the molecule is CC1(C)OB(c2c[nH]c(CC(F)F)cc2=O)OC1(C)C. The van der Waals surface area contributed by atoms with E-state index in [1.807, 2.05) is 27.7 Å². The van der Waals surface area contributed by atoms with Gasteiger partial charge < -0.3 is 14.3 Å². The van der Waals surface area contributed by atoms with Crippen molar-refractivity contribution < 1.29 is 18.1 Å². The van der Waals surface area contributed by atoms with E-state index >= 15 is 0 Å². The summed E-state index contributed by atoms with van der Waals surface area (Å²) in [6, 6.07) is 1.17. The first kappa shape index (κ1) is 15.2. The highest BCUT2D eigenvalue weighted by atomic mass is 19.3. The van der Waals surface area contributed by atoms with Crippen LogP contribution in [0, 0.1) is 0 Å². The molecule has 110 valence electrons. The standard InChI is InChI=1S/C13H18BF2NO3/c1-12(2)13(3,4)20-14(19-12)9-7-17-8(5-10(9)18)6-11(15)16/h5,7,11H,6H2,1-4H3,(H,17,18). The lowest BCUT2D eigenvalue weighted by Crippen LogP contribution is -2.44. The van der Waals surface area contributed by atoms with E-state index in [0.29, 0.717) is 5.46 Å². The smallest absolute Gasteiger partial charge is 0.399 e. The van der Waals surface area contributed by atoms with Crippen LogP contribution >= 0.6 is 0 Å². The molecule has 1 fully saturated rings. The molecular formula is C13H18BF2NO3. The Labute approximate surface area is 116 Å². The van der Waals surface area contributed by atoms with Gasteiger partial charge in [-0.05, 0) is 27.7 Å². The first-order valence-electron chi connectivity index (χ1n) is 6.48. The van der Waals surface area contributed by atoms with E-state index in [0.717, 1.165) is 0 Å². The molecule has 7 heteroatoms. The maximum Gasteiger partial charge on any atom is 0.500 e. The van der Waals surface area contributed by atoms with Gasteiger partial charge in [-0.1, -0.05) is 0 Å². The summed E-state index contributed by atoms with van der Waals surface area (Å²) < 4.78 is 36.1. The number of hydrogen-bond donors (Lipinski definition) is 1. The number of aromatic nitrogens is 1. The minimum atomic E-state index is -2.49. The van der Waals surface area contributed by atoms with Gasteiger partial charge in [0.25, 0.3) is 0 Å². The molecule has 20 heavy (non-hydrogen) atoms. The third-order valence-electron chi connectivity index (χ3n) is 3.88. The van der Waals surface area contributed by atoms with Crippen molar-refractivity contribution in [2.45, 2.75) is 51.7 Å². The first-order valence-corrected chi connectivity index (χ1v) is 6.48. The monoisotopic (exact) mass is 285 g/mol. The Bertz CT molecular complexity index is 541. The number of hydrogen-bond acceptors (Lipinski definition) is 3. The Morgan fingerprint density at radius 1 is 1.25 bits per heavy atom. The number of pyridine rings is 1. The highest BCUT2D eigenvalue weighted by Crippen LogP contribution is 2.36. The zero-order valence-corrected chi connectivity index (χ0v) is 12.0. The van der Waals surface area contributed by atoms with E-state index in [4.69, 9.17) is 9.31 Å². The van der Waals surface area contributed by atoms with Crippen LogP contribution < -0.4 is 10.9 Å². The molecule has 1 saturated heterocycles. The second-order valence-electron chi connectivity index (χ2n) is 5.96. The summed E-state index contributed by atoms with van der Waals surface area (Å²) in [5, 5.41) is 0. The molecule has 2 rings (SSSR count). The molecule has 1 aliphatic rings. The average Bonchev–Trinajstić information content (AvgIpc) is 2.46. The van der Waals surface area contributed by atoms with Crippen molar-refractivity contribution in [2.24, 2.45) is 0 Å². The summed E-state index contributed by atoms with van der Waals surface area (Å²) in [6.07, 6.45) is -1.57. The molecule has 1 N–H and O–H groups in total. The van der Waals surface area contributed by atoms with Crippen LogP contribution in [-0.4, -0.2) is 29.7 Å². The molecule has 1 aromatic rings. The lowest BCUT2D eigenvalue weighted by atomic mass is 9.80. The summed E-state index contributed by atoms with van der Waals surface area (Å²) >= 11 is 0. The Morgan fingerprint density at radius 3 is 2.25 bits per heavy atom. The number of aromatic amines is 1. The first-order chi connectivity index (χ1) is 9.12. The van der Waals surface area contributed by atoms with Crippen LogP contribution in [0.1, 0.15) is 33.4 Å². The lowest BCUT2D eigenvalue weighted by molar-refractivity contribution is 0.00578. The topological polar surface area (TPSA) is 51.3 Å². The maximum absolute atomic E-state index is 12.3. The fraction of sp³-hybridized carbons (Fsp3) is 0.615. The molecule has 4 nitrogen and oxygen atoms in total. The summed E-state index contributed by atoms with van der Waals surface area (Å²) in [5.41, 5.74) is -0.970. The fourth-order valence-electron chi connectivity index (χ4n) is 1.96. The Kier molecular flexibility index (Phi) is 3.77. The van der Waals surface area contributed by atoms with Crippen molar-refractivity contribution in [2.75, 3.05) is 0 Å². The van der Waals surface area contributed by atoms with Crippen LogP contribution in [0.2, 0.25) is 0 Å². The van der Waals surface area contributed by atoms with Gasteiger partial charge in [0.15, 0.2) is 5.43 Å². The zero-order chi connectivity index (χ0) is 15.1. The fourth-order valence-corrected chi connectivity index (χ4v) is 1.96. The molecule has 0 amide bonds. The van der Waals surface area contributed by atoms with Crippen LogP contribution in [0.4, 0.5) is 8.78 Å². The van der Waals surface area contributed by atoms with Crippen LogP contribution in [0.5, 0.6) is 0 Å². The molecule has 0 radical (unpaired) electrons. The van der Waals surface area contributed by atoms with Gasteiger partial charge in [0.2, 0.25) is 6.43 Å². The molecule has 0 bridgehead atoms. The Morgan fingerprint density at radius 2 is 1.80 bits per heavy atom. The van der Waals surface area contributed by atoms with Crippen LogP contribution in [0.25, 0.3) is 0 Å². The van der Waals surface area contributed by atoms with Crippen molar-refractivity contribution in [3.63, 3.8) is 0 Å². The maximum atomic E-state index is 12.3. The summed E-state index contributed by atoms with van der Waals surface area (Å²) in [4.78, 5) is 14.7. The molecular weight excluding hydrogens is 267 g/mol. The molecule has 0 aromatic carbocycles. The van der Waals surface area contributed by atoms with E-state index < -0.39 is 31.2 Å². The number of rotatable bonds is 3. The summed E-state index contributed by atoms with van der Waals surface area (Å²) in [7, 11) is -0.788. The minimum Gasteiger partial charge on any atom is -0.399 e. The van der Waals surface area contributed by atoms with E-state index in [2.05, 4.69) is 4.98 Å². The van der Waals surface area contributed by atoms with E-state index in [-0.39, 0.29) is 11.1 Å². The molecule has 0 spiro atoms. The molecule has 2 heterocycles. The van der Waals surface area contributed by atoms with Gasteiger partial charge in [0, 0.05) is 29.8 Å². The minimum absolute atomic E-state index is 0.199. The predicted octanol–water partition coefficient (Wildman–Crippen LogP) is 1.48. The van der Waals surface area contributed by atoms with Gasteiger partial charge in [-0.15, -0.1) is 0 Å². The molecule has 1 aromatic heterocycles. The van der Waals surface area contributed by atoms with Gasteiger partial charge in [-0.3, -0.25) is 4.79 Å². The number of alkyl halides is 2. The second-order valence-corrected chi connectivity index (χ2v) is 5.96. The quantitative estimate of drug-likeness (QED) is 0.856. The summed E-state index contributed by atoms with van der Waals surface area (Å²) in [6.45, 7) is 7.53. The number of halogens is 2. The van der Waals surface area contributed by atoms with Crippen molar-refractivity contribution in [3.8, 4) is 0 Å². The Balaban J connectivity index is 2.26. The third-order valence-corrected chi connectivity index (χ3v) is 3.88. The summed E-state index contributed by atoms with van der Waals surface area (Å²) in [5.74, 6) is 0. The van der Waals surface area contributed by atoms with Gasteiger partial charge in [-0.2, -0.15) is 0 Å². The Hall–Kier alpha value is -1.21. The lowest BCUT2D eigenvalue weighted by Gasteiger charge is -2.32. The molecule has 0 atom stereocenters. The van der Waals surface area contributed by atoms with E-state index in [1.165, 1.54) is 12.3 Å². The molecule has 0 saturated carbocycles.